The van der Waals surface area contributed by atoms with E-state index in [-0.39, 0.29) is 17.3 Å². The third-order valence-corrected chi connectivity index (χ3v) is 10.6. The van der Waals surface area contributed by atoms with Crippen molar-refractivity contribution < 1.29 is 43.7 Å². The number of fused-ring (bicyclic) bond motifs is 4. The van der Waals surface area contributed by atoms with Crippen LogP contribution in [0.4, 0.5) is 11.4 Å². The van der Waals surface area contributed by atoms with Crippen LogP contribution in [0.15, 0.2) is 108 Å². The number of nitrogens with zero attached hydrogens (tertiary/aromatic N) is 2. The molecule has 3 aromatic carbocycles. The third-order valence-electron chi connectivity index (χ3n) is 9.44. The predicted octanol–water partition coefficient (Wildman–Crippen LogP) is 9.71. The monoisotopic (exact) mass is 733 g/mol. The lowest BCUT2D eigenvalue weighted by molar-refractivity contribution is -0.438. The summed E-state index contributed by atoms with van der Waals surface area (Å²) in [7, 11) is 0. The molecule has 0 saturated carbocycles. The summed E-state index contributed by atoms with van der Waals surface area (Å²) >= 11 is 2.01. The first-order valence-corrected chi connectivity index (χ1v) is 18.5. The van der Waals surface area contributed by atoms with Crippen LogP contribution in [-0.2, 0) is 34.4 Å². The van der Waals surface area contributed by atoms with Gasteiger partial charge in [-0.1, -0.05) is 78.6 Å². The van der Waals surface area contributed by atoms with Crippen LogP contribution in [0.2, 0.25) is 0 Å². The van der Waals surface area contributed by atoms with Gasteiger partial charge in [0.25, 0.3) is 0 Å². The van der Waals surface area contributed by atoms with Crippen LogP contribution in [0, 0.1) is 0 Å². The van der Waals surface area contributed by atoms with Gasteiger partial charge in [0, 0.05) is 76.6 Å². The zero-order valence-corrected chi connectivity index (χ0v) is 30.9. The molecule has 0 aliphatic carbocycles. The second kappa shape index (κ2) is 17.7. The van der Waals surface area contributed by atoms with Crippen LogP contribution >= 0.6 is 24.1 Å². The minimum Gasteiger partial charge on any atom is -0.481 e. The fourth-order valence-electron chi connectivity index (χ4n) is 7.16. The van der Waals surface area contributed by atoms with Crippen molar-refractivity contribution >= 4 is 57.9 Å². The summed E-state index contributed by atoms with van der Waals surface area (Å²) in [4.78, 5) is 14.3. The summed E-state index contributed by atoms with van der Waals surface area (Å²) in [6.45, 7) is 10.4. The third kappa shape index (κ3) is 8.85. The van der Waals surface area contributed by atoms with Crippen molar-refractivity contribution in [3.05, 3.63) is 114 Å². The highest BCUT2D eigenvalue weighted by molar-refractivity contribution is 7.94. The minimum atomic E-state index is -0.779. The summed E-state index contributed by atoms with van der Waals surface area (Å²) < 4.78 is 11.6. The molecule has 0 unspecified atom stereocenters. The molecule has 2 heterocycles. The highest BCUT2D eigenvalue weighted by Gasteiger charge is 2.45. The molecule has 2 aliphatic heterocycles. The molecule has 270 valence electrons. The van der Waals surface area contributed by atoms with Gasteiger partial charge in [-0.3, -0.25) is 4.79 Å². The maximum absolute atomic E-state index is 11.2. The summed E-state index contributed by atoms with van der Waals surface area (Å²) in [6.07, 6.45) is 17.0. The molecule has 12 heteroatoms. The molecule has 0 aromatic heterocycles. The number of allylic oxidation sites excluding steroid dienone is 8. The summed E-state index contributed by atoms with van der Waals surface area (Å²) in [6, 6.07) is 18.7. The molecule has 0 atom stereocenters. The Balaban J connectivity index is 1.37. The first-order valence-electron chi connectivity index (χ1n) is 16.9. The number of carboxylic acid groups (broad SMARTS) is 1. The minimum absolute atomic E-state index is 0.136. The van der Waals surface area contributed by atoms with Gasteiger partial charge < -0.3 is 10.0 Å². The Kier molecular flexibility index (Phi) is 13.3. The zero-order chi connectivity index (χ0) is 36.4. The van der Waals surface area contributed by atoms with E-state index in [1.54, 1.807) is 0 Å². The molecular formula is C39H45N2O8S2+. The van der Waals surface area contributed by atoms with Crippen LogP contribution in [0.5, 0.6) is 0 Å². The van der Waals surface area contributed by atoms with Crippen molar-refractivity contribution in [3.8, 4) is 0 Å². The Labute approximate surface area is 307 Å². The van der Waals surface area contributed by atoms with Crippen molar-refractivity contribution in [2.75, 3.05) is 23.7 Å². The predicted molar refractivity (Wildman–Crippen MR) is 203 cm³/mol. The van der Waals surface area contributed by atoms with E-state index >= 15 is 0 Å². The lowest BCUT2D eigenvalue weighted by Gasteiger charge is -2.26. The maximum atomic E-state index is 11.2. The molecule has 3 aromatic rings. The molecule has 51 heavy (non-hydrogen) atoms. The summed E-state index contributed by atoms with van der Waals surface area (Å²) in [5, 5.41) is 35.9. The van der Waals surface area contributed by atoms with Gasteiger partial charge in [0.1, 0.15) is 6.54 Å². The molecule has 2 aliphatic rings. The fraction of sp³-hybridized carbons (Fsp3) is 0.333. The number of hydrogen-bond donors (Lipinski definition) is 3. The lowest BCUT2D eigenvalue weighted by Crippen LogP contribution is -2.28. The van der Waals surface area contributed by atoms with Crippen molar-refractivity contribution in [3.63, 3.8) is 0 Å². The van der Waals surface area contributed by atoms with Crippen LogP contribution in [0.1, 0.15) is 64.5 Å². The van der Waals surface area contributed by atoms with E-state index in [0.29, 0.717) is 18.7 Å². The van der Waals surface area contributed by atoms with Gasteiger partial charge in [-0.15, -0.1) is 8.67 Å². The first-order chi connectivity index (χ1) is 24.6. The van der Waals surface area contributed by atoms with Gasteiger partial charge in [0.05, 0.1) is 17.5 Å². The van der Waals surface area contributed by atoms with Crippen molar-refractivity contribution in [2.24, 2.45) is 0 Å². The van der Waals surface area contributed by atoms with Gasteiger partial charge in [0.15, 0.2) is 5.71 Å². The zero-order valence-electron chi connectivity index (χ0n) is 29.3. The highest BCUT2D eigenvalue weighted by atomic mass is 32.2. The van der Waals surface area contributed by atoms with Gasteiger partial charge in [-0.05, 0) is 73.4 Å². The van der Waals surface area contributed by atoms with E-state index in [4.69, 9.17) is 10.5 Å². The summed E-state index contributed by atoms with van der Waals surface area (Å²) in [5.41, 5.74) is 6.60. The number of unbranched alkanes of at least 4 members (excludes halogenated alkanes) is 1. The van der Waals surface area contributed by atoms with E-state index < -0.39 is 5.97 Å². The van der Waals surface area contributed by atoms with E-state index in [9.17, 15) is 9.90 Å². The standard InChI is InChI=1S/C39H44N2O8S2/c1-38(2)31-15-10-11-16-32(31)40(25-14-19-36(42)43)34(38)17-8-6-5-7-9-18-35-39(3,4)37-30-22-21-29(51-49-47-45)27-28(30)20-23-33(37)41(35)24-12-13-26-50-48-46-44/h5-11,15-18,20-23,27H,12-14,19,24-26H2,1-4H3,(H2-,42,43,44,45)/p+1. The number of hydrogen-bond acceptors (Lipinski definition) is 10. The Morgan fingerprint density at radius 2 is 1.65 bits per heavy atom. The summed E-state index contributed by atoms with van der Waals surface area (Å²) in [5.74, 6) is -0.0965. The smallest absolute Gasteiger partial charge is 0.303 e. The molecule has 0 fully saturated rings. The number of aliphatic carboxylic acids is 1. The molecule has 10 nitrogen and oxygen atoms in total. The second-order valence-electron chi connectivity index (χ2n) is 13.4. The van der Waals surface area contributed by atoms with Gasteiger partial charge >= 0.3 is 5.97 Å². The molecule has 0 radical (unpaired) electrons. The van der Waals surface area contributed by atoms with E-state index in [0.717, 1.165) is 76.2 Å². The molecule has 0 spiro atoms. The number of benzene rings is 3. The van der Waals surface area contributed by atoms with Crippen molar-refractivity contribution in [2.45, 2.75) is 69.1 Å². The second-order valence-corrected chi connectivity index (χ2v) is 14.9. The molecule has 0 bridgehead atoms. The SMILES string of the molecule is CC1(C)C(/C=C/C=C/C=C/C=C2/N(CCCC(=O)O)c3ccccc3C2(C)C)=[N+](CCCCSOOO)c2ccc3cc(SOOO)ccc3c21. The Morgan fingerprint density at radius 1 is 0.882 bits per heavy atom. The Bertz CT molecular complexity index is 1860. The van der Waals surface area contributed by atoms with Crippen LogP contribution < -0.4 is 4.90 Å². The lowest BCUT2D eigenvalue weighted by atomic mass is 9.79. The number of anilines is 1. The van der Waals surface area contributed by atoms with Crippen molar-refractivity contribution in [1.29, 1.82) is 0 Å². The molecular weight excluding hydrogens is 689 g/mol. The van der Waals surface area contributed by atoms with Crippen LogP contribution in [0.3, 0.4) is 0 Å². The maximum Gasteiger partial charge on any atom is 0.303 e. The fourth-order valence-corrected chi connectivity index (χ4v) is 8.00. The molecule has 0 saturated heterocycles. The van der Waals surface area contributed by atoms with E-state index in [1.807, 2.05) is 42.5 Å². The Morgan fingerprint density at radius 3 is 2.43 bits per heavy atom. The molecule has 0 amide bonds. The van der Waals surface area contributed by atoms with Gasteiger partial charge in [-0.25, -0.2) is 10.5 Å². The van der Waals surface area contributed by atoms with Crippen molar-refractivity contribution in [1.82, 2.24) is 0 Å². The Hall–Kier alpha value is -3.72. The van der Waals surface area contributed by atoms with Crippen LogP contribution in [0.25, 0.3) is 10.8 Å². The van der Waals surface area contributed by atoms with E-state index in [1.165, 1.54) is 16.8 Å². The highest BCUT2D eigenvalue weighted by Crippen LogP contribution is 2.48. The normalized spacial score (nSPS) is 17.2. The van der Waals surface area contributed by atoms with E-state index in [2.05, 4.69) is 111 Å². The number of rotatable bonds is 18. The first kappa shape index (κ1) is 38.5. The largest absolute Gasteiger partial charge is 0.481 e. The molecule has 5 rings (SSSR count). The number of carboxylic acids is 1. The average molecular weight is 734 g/mol. The van der Waals surface area contributed by atoms with Gasteiger partial charge in [0.2, 0.25) is 5.69 Å². The topological polar surface area (TPSA) is 121 Å². The number of para-hydroxylation sites is 1. The number of carbonyl (C=O) groups is 1. The van der Waals surface area contributed by atoms with Crippen LogP contribution in [-0.4, -0.2) is 50.7 Å². The average Bonchev–Trinajstić information content (AvgIpc) is 3.46. The quantitative estimate of drug-likeness (QED) is 0.0289. The van der Waals surface area contributed by atoms with Gasteiger partial charge in [-0.2, -0.15) is 4.58 Å². The molecule has 3 N–H and O–H groups in total.